The third-order valence-corrected chi connectivity index (χ3v) is 5.96. The Morgan fingerprint density at radius 1 is 1.07 bits per heavy atom. The number of carbonyl (C=O) groups is 2. The molecule has 0 bridgehead atoms. The van der Waals surface area contributed by atoms with Gasteiger partial charge < -0.3 is 0 Å². The van der Waals surface area contributed by atoms with Gasteiger partial charge in [0.2, 0.25) is 5.91 Å². The van der Waals surface area contributed by atoms with Gasteiger partial charge in [-0.1, -0.05) is 36.7 Å². The van der Waals surface area contributed by atoms with E-state index in [1.54, 1.807) is 18.2 Å². The molecule has 1 aliphatic carbocycles. The Morgan fingerprint density at radius 2 is 1.78 bits per heavy atom. The molecule has 27 heavy (non-hydrogen) atoms. The minimum atomic E-state index is -3.94. The van der Waals surface area contributed by atoms with Crippen molar-refractivity contribution in [2.24, 2.45) is 11.8 Å². The van der Waals surface area contributed by atoms with Crippen LogP contribution >= 0.6 is 11.6 Å². The van der Waals surface area contributed by atoms with Crippen LogP contribution in [0.2, 0.25) is 5.02 Å². The molecule has 0 saturated heterocycles. The molecule has 0 radical (unpaired) electrons. The third-order valence-electron chi connectivity index (χ3n) is 4.27. The number of anilines is 1. The predicted octanol–water partition coefficient (Wildman–Crippen LogP) is 2.56. The summed E-state index contributed by atoms with van der Waals surface area (Å²) >= 11 is 5.98. The van der Waals surface area contributed by atoms with Crippen molar-refractivity contribution in [1.29, 1.82) is 0 Å². The molecule has 0 aliphatic heterocycles. The van der Waals surface area contributed by atoms with Crippen LogP contribution in [0.3, 0.4) is 0 Å². The second kappa shape index (κ2) is 7.58. The molecule has 2 atom stereocenters. The summed E-state index contributed by atoms with van der Waals surface area (Å²) in [7, 11) is -3.94. The summed E-state index contributed by atoms with van der Waals surface area (Å²) in [6.07, 6.45) is 0.795. The molecule has 1 saturated carbocycles. The number of hydrazine groups is 1. The van der Waals surface area contributed by atoms with Crippen molar-refractivity contribution in [2.45, 2.75) is 18.2 Å². The number of hydrogen-bond acceptors (Lipinski definition) is 4. The molecule has 3 N–H and O–H groups in total. The molecule has 2 amide bonds. The van der Waals surface area contributed by atoms with Crippen LogP contribution in [0.5, 0.6) is 0 Å². The molecule has 3 rings (SSSR count). The van der Waals surface area contributed by atoms with Crippen LogP contribution in [0.1, 0.15) is 23.7 Å². The van der Waals surface area contributed by atoms with E-state index in [0.717, 1.165) is 6.42 Å². The van der Waals surface area contributed by atoms with Gasteiger partial charge in [-0.2, -0.15) is 0 Å². The Morgan fingerprint density at radius 3 is 2.44 bits per heavy atom. The maximum Gasteiger partial charge on any atom is 0.269 e. The SMILES string of the molecule is CC1CC1C(=O)NNC(=O)c1cccc(S(=O)(=O)Nc2ccccc2Cl)c1. The van der Waals surface area contributed by atoms with Crippen molar-refractivity contribution in [2.75, 3.05) is 4.72 Å². The number of halogens is 1. The molecule has 7 nitrogen and oxygen atoms in total. The number of amides is 2. The fourth-order valence-corrected chi connectivity index (χ4v) is 3.89. The number of nitrogens with one attached hydrogen (secondary N) is 3. The average molecular weight is 408 g/mol. The van der Waals surface area contributed by atoms with Crippen molar-refractivity contribution in [1.82, 2.24) is 10.9 Å². The first-order chi connectivity index (χ1) is 12.8. The molecular formula is C18H18ClN3O4S. The van der Waals surface area contributed by atoms with Crippen molar-refractivity contribution in [3.63, 3.8) is 0 Å². The first-order valence-electron chi connectivity index (χ1n) is 8.25. The highest BCUT2D eigenvalue weighted by molar-refractivity contribution is 7.92. The zero-order chi connectivity index (χ0) is 19.6. The van der Waals surface area contributed by atoms with Crippen LogP contribution in [0, 0.1) is 11.8 Å². The predicted molar refractivity (Wildman–Crippen MR) is 102 cm³/mol. The molecule has 2 unspecified atom stereocenters. The van der Waals surface area contributed by atoms with E-state index in [1.807, 2.05) is 6.92 Å². The van der Waals surface area contributed by atoms with Gasteiger partial charge >= 0.3 is 0 Å². The number of carbonyl (C=O) groups excluding carboxylic acids is 2. The fourth-order valence-electron chi connectivity index (χ4n) is 2.52. The van der Waals surface area contributed by atoms with Gasteiger partial charge in [-0.05, 0) is 42.7 Å². The first kappa shape index (κ1) is 19.2. The summed E-state index contributed by atoms with van der Waals surface area (Å²) in [6, 6.07) is 11.9. The Labute approximate surface area is 162 Å². The monoisotopic (exact) mass is 407 g/mol. The van der Waals surface area contributed by atoms with Crippen molar-refractivity contribution in [3.8, 4) is 0 Å². The van der Waals surface area contributed by atoms with E-state index in [-0.39, 0.29) is 33.0 Å². The molecule has 0 aromatic heterocycles. The fraction of sp³-hybridized carbons (Fsp3) is 0.222. The van der Waals surface area contributed by atoms with Crippen LogP contribution in [0.4, 0.5) is 5.69 Å². The normalized spacial score (nSPS) is 18.4. The summed E-state index contributed by atoms with van der Waals surface area (Å²) in [5.41, 5.74) is 5.00. The lowest BCUT2D eigenvalue weighted by Crippen LogP contribution is -2.42. The molecule has 0 spiro atoms. The Bertz CT molecular complexity index is 994. The minimum absolute atomic E-state index is 0.0863. The first-order valence-corrected chi connectivity index (χ1v) is 10.1. The largest absolute Gasteiger partial charge is 0.278 e. The molecule has 2 aromatic rings. The van der Waals surface area contributed by atoms with Gasteiger partial charge in [-0.15, -0.1) is 0 Å². The lowest BCUT2D eigenvalue weighted by atomic mass is 10.2. The van der Waals surface area contributed by atoms with E-state index >= 15 is 0 Å². The number of rotatable bonds is 5. The molecule has 9 heteroatoms. The van der Waals surface area contributed by atoms with Gasteiger partial charge in [0.15, 0.2) is 0 Å². The van der Waals surface area contributed by atoms with E-state index in [0.29, 0.717) is 5.92 Å². The highest BCUT2D eigenvalue weighted by Crippen LogP contribution is 2.37. The summed E-state index contributed by atoms with van der Waals surface area (Å²) in [5.74, 6) is -0.630. The maximum absolute atomic E-state index is 12.6. The standard InChI is InChI=1S/C18H18ClN3O4S/c1-11-9-14(11)18(24)21-20-17(23)12-5-4-6-13(10-12)27(25,26)22-16-8-3-2-7-15(16)19/h2-8,10-11,14,22H,9H2,1H3,(H,20,23)(H,21,24). The maximum atomic E-state index is 12.6. The number of para-hydroxylation sites is 1. The second-order valence-electron chi connectivity index (χ2n) is 6.38. The van der Waals surface area contributed by atoms with Gasteiger partial charge in [0.1, 0.15) is 0 Å². The highest BCUT2D eigenvalue weighted by Gasteiger charge is 2.39. The Hall–Kier alpha value is -2.58. The molecule has 0 heterocycles. The van der Waals surface area contributed by atoms with E-state index < -0.39 is 15.9 Å². The summed E-state index contributed by atoms with van der Waals surface area (Å²) < 4.78 is 27.5. The molecule has 142 valence electrons. The second-order valence-corrected chi connectivity index (χ2v) is 8.47. The van der Waals surface area contributed by atoms with Crippen LogP contribution in [-0.2, 0) is 14.8 Å². The molecule has 2 aromatic carbocycles. The lowest BCUT2D eigenvalue weighted by Gasteiger charge is -2.11. The zero-order valence-corrected chi connectivity index (χ0v) is 16.0. The van der Waals surface area contributed by atoms with Gasteiger partial charge in [0.05, 0.1) is 15.6 Å². The lowest BCUT2D eigenvalue weighted by molar-refractivity contribution is -0.123. The Balaban J connectivity index is 1.71. The van der Waals surface area contributed by atoms with Crippen molar-refractivity contribution < 1.29 is 18.0 Å². The van der Waals surface area contributed by atoms with E-state index in [9.17, 15) is 18.0 Å². The quantitative estimate of drug-likeness (QED) is 0.662. The molecule has 1 fully saturated rings. The van der Waals surface area contributed by atoms with Crippen molar-refractivity contribution in [3.05, 3.63) is 59.1 Å². The molecular weight excluding hydrogens is 390 g/mol. The van der Waals surface area contributed by atoms with Gasteiger partial charge in [-0.3, -0.25) is 25.2 Å². The van der Waals surface area contributed by atoms with Crippen LogP contribution in [-0.4, -0.2) is 20.2 Å². The smallest absolute Gasteiger partial charge is 0.269 e. The van der Waals surface area contributed by atoms with Gasteiger partial charge in [0, 0.05) is 11.5 Å². The topological polar surface area (TPSA) is 104 Å². The van der Waals surface area contributed by atoms with Crippen LogP contribution in [0.15, 0.2) is 53.4 Å². The average Bonchev–Trinajstić information content (AvgIpc) is 3.38. The molecule has 1 aliphatic rings. The van der Waals surface area contributed by atoms with Crippen LogP contribution in [0.25, 0.3) is 0 Å². The van der Waals surface area contributed by atoms with E-state index in [2.05, 4.69) is 15.6 Å². The number of benzene rings is 2. The number of hydrogen-bond donors (Lipinski definition) is 3. The summed E-state index contributed by atoms with van der Waals surface area (Å²) in [6.45, 7) is 1.95. The summed E-state index contributed by atoms with van der Waals surface area (Å²) in [5, 5.41) is 0.256. The van der Waals surface area contributed by atoms with Gasteiger partial charge in [0.25, 0.3) is 15.9 Å². The minimum Gasteiger partial charge on any atom is -0.278 e. The van der Waals surface area contributed by atoms with E-state index in [4.69, 9.17) is 11.6 Å². The van der Waals surface area contributed by atoms with Crippen LogP contribution < -0.4 is 15.6 Å². The van der Waals surface area contributed by atoms with Gasteiger partial charge in [-0.25, -0.2) is 8.42 Å². The Kier molecular flexibility index (Phi) is 5.38. The highest BCUT2D eigenvalue weighted by atomic mass is 35.5. The van der Waals surface area contributed by atoms with Crippen molar-refractivity contribution >= 4 is 39.1 Å². The zero-order valence-electron chi connectivity index (χ0n) is 14.4. The van der Waals surface area contributed by atoms with E-state index in [1.165, 1.54) is 30.3 Å². The number of sulfonamides is 1. The third kappa shape index (κ3) is 4.58. The summed E-state index contributed by atoms with van der Waals surface area (Å²) in [4.78, 5) is 23.9.